The standard InChI is InChI=1S/C23H23ClN4O2/c1-15-20(21(24)28(26-15)16-8-3-2-4-9-16)22-25-19-12-6-5-11-18(19)23(29)27(22)14-17-10-7-13-30-17/h2-6,8-9,11-12,17,22,25H,7,10,13-14H2,1H3/t17-,22+/m0/s1. The number of hydrogen-bond donors (Lipinski definition) is 1. The predicted molar refractivity (Wildman–Crippen MR) is 116 cm³/mol. The number of rotatable bonds is 4. The summed E-state index contributed by atoms with van der Waals surface area (Å²) in [5.41, 5.74) is 3.94. The summed E-state index contributed by atoms with van der Waals surface area (Å²) in [5.74, 6) is -0.0206. The summed E-state index contributed by atoms with van der Waals surface area (Å²) in [4.78, 5) is 15.3. The minimum atomic E-state index is -0.415. The highest BCUT2D eigenvalue weighted by molar-refractivity contribution is 6.30. The van der Waals surface area contributed by atoms with Crippen LogP contribution in [0.5, 0.6) is 0 Å². The molecule has 3 aromatic rings. The molecule has 7 heteroatoms. The van der Waals surface area contributed by atoms with Gasteiger partial charge < -0.3 is 15.0 Å². The first-order valence-corrected chi connectivity index (χ1v) is 10.6. The average Bonchev–Trinajstić information content (AvgIpc) is 3.38. The Labute approximate surface area is 180 Å². The molecule has 154 valence electrons. The van der Waals surface area contributed by atoms with Gasteiger partial charge in [0, 0.05) is 18.8 Å². The van der Waals surface area contributed by atoms with Crippen molar-refractivity contribution in [3.8, 4) is 5.69 Å². The lowest BCUT2D eigenvalue weighted by Crippen LogP contribution is -2.46. The van der Waals surface area contributed by atoms with Crippen LogP contribution < -0.4 is 5.32 Å². The topological polar surface area (TPSA) is 59.4 Å². The number of para-hydroxylation sites is 2. The number of amides is 1. The van der Waals surface area contributed by atoms with E-state index in [4.69, 9.17) is 16.3 Å². The van der Waals surface area contributed by atoms with E-state index in [9.17, 15) is 4.79 Å². The summed E-state index contributed by atoms with van der Waals surface area (Å²) < 4.78 is 7.56. The van der Waals surface area contributed by atoms with Crippen LogP contribution in [0.25, 0.3) is 5.69 Å². The van der Waals surface area contributed by atoms with E-state index in [2.05, 4.69) is 10.4 Å². The fourth-order valence-electron chi connectivity index (χ4n) is 4.28. The maximum atomic E-state index is 13.4. The minimum absolute atomic E-state index is 0.0206. The van der Waals surface area contributed by atoms with Crippen molar-refractivity contribution >= 4 is 23.2 Å². The zero-order valence-electron chi connectivity index (χ0n) is 16.7. The molecule has 2 aliphatic heterocycles. The van der Waals surface area contributed by atoms with Crippen molar-refractivity contribution in [3.05, 3.63) is 76.6 Å². The van der Waals surface area contributed by atoms with Crippen LogP contribution in [0.1, 0.15) is 40.6 Å². The number of aryl methyl sites for hydroxylation is 1. The van der Waals surface area contributed by atoms with Gasteiger partial charge in [0.25, 0.3) is 5.91 Å². The van der Waals surface area contributed by atoms with Gasteiger partial charge in [-0.1, -0.05) is 41.9 Å². The first-order valence-electron chi connectivity index (χ1n) is 10.2. The Bertz CT molecular complexity index is 1080. The highest BCUT2D eigenvalue weighted by Gasteiger charge is 2.38. The van der Waals surface area contributed by atoms with Gasteiger partial charge in [-0.05, 0) is 44.0 Å². The molecule has 3 heterocycles. The number of aromatic nitrogens is 2. The first-order chi connectivity index (χ1) is 14.6. The molecule has 30 heavy (non-hydrogen) atoms. The summed E-state index contributed by atoms with van der Waals surface area (Å²) in [5, 5.41) is 8.70. The number of fused-ring (bicyclic) bond motifs is 1. The van der Waals surface area contributed by atoms with Crippen LogP contribution in [0.3, 0.4) is 0 Å². The van der Waals surface area contributed by atoms with Crippen LogP contribution in [0.2, 0.25) is 5.15 Å². The van der Waals surface area contributed by atoms with E-state index in [-0.39, 0.29) is 12.0 Å². The van der Waals surface area contributed by atoms with Crippen molar-refractivity contribution in [2.45, 2.75) is 32.0 Å². The van der Waals surface area contributed by atoms with Crippen molar-refractivity contribution in [3.63, 3.8) is 0 Å². The molecule has 1 saturated heterocycles. The van der Waals surface area contributed by atoms with Crippen LogP contribution in [-0.2, 0) is 4.74 Å². The Morgan fingerprint density at radius 3 is 2.70 bits per heavy atom. The highest BCUT2D eigenvalue weighted by Crippen LogP contribution is 2.38. The molecule has 0 saturated carbocycles. The molecule has 0 bridgehead atoms. The number of hydrogen-bond acceptors (Lipinski definition) is 4. The number of nitrogens with one attached hydrogen (secondary N) is 1. The van der Waals surface area contributed by atoms with Gasteiger partial charge >= 0.3 is 0 Å². The lowest BCUT2D eigenvalue weighted by molar-refractivity contribution is 0.0426. The number of carbonyl (C=O) groups excluding carboxylic acids is 1. The van der Waals surface area contributed by atoms with Crippen LogP contribution >= 0.6 is 11.6 Å². The third kappa shape index (κ3) is 3.26. The highest BCUT2D eigenvalue weighted by atomic mass is 35.5. The second kappa shape index (κ2) is 7.78. The average molecular weight is 423 g/mol. The molecule has 2 aromatic carbocycles. The molecule has 1 N–H and O–H groups in total. The molecule has 1 fully saturated rings. The van der Waals surface area contributed by atoms with Crippen molar-refractivity contribution in [1.82, 2.24) is 14.7 Å². The molecule has 0 aliphatic carbocycles. The van der Waals surface area contributed by atoms with Crippen molar-refractivity contribution in [2.24, 2.45) is 0 Å². The van der Waals surface area contributed by atoms with Gasteiger partial charge in [0.2, 0.25) is 0 Å². The Hall–Kier alpha value is -2.83. The number of nitrogens with zero attached hydrogens (tertiary/aromatic N) is 3. The summed E-state index contributed by atoms with van der Waals surface area (Å²) in [7, 11) is 0. The Morgan fingerprint density at radius 1 is 1.17 bits per heavy atom. The maximum absolute atomic E-state index is 13.4. The summed E-state index contributed by atoms with van der Waals surface area (Å²) >= 11 is 6.85. The minimum Gasteiger partial charge on any atom is -0.376 e. The first kappa shape index (κ1) is 19.2. The van der Waals surface area contributed by atoms with Crippen molar-refractivity contribution in [2.75, 3.05) is 18.5 Å². The Kier molecular flexibility index (Phi) is 4.97. The van der Waals surface area contributed by atoms with Gasteiger partial charge in [-0.15, -0.1) is 0 Å². The molecular weight excluding hydrogens is 400 g/mol. The van der Waals surface area contributed by atoms with E-state index >= 15 is 0 Å². The zero-order valence-corrected chi connectivity index (χ0v) is 17.5. The monoisotopic (exact) mass is 422 g/mol. The molecule has 6 nitrogen and oxygen atoms in total. The number of anilines is 1. The SMILES string of the molecule is Cc1nn(-c2ccccc2)c(Cl)c1[C@@H]1Nc2ccccc2C(=O)N1C[C@@H]1CCCO1. The van der Waals surface area contributed by atoms with Crippen LogP contribution in [-0.4, -0.2) is 39.8 Å². The maximum Gasteiger partial charge on any atom is 0.257 e. The van der Waals surface area contributed by atoms with Gasteiger partial charge in [0.05, 0.1) is 28.6 Å². The summed E-state index contributed by atoms with van der Waals surface area (Å²) in [6, 6.07) is 17.4. The third-order valence-electron chi connectivity index (χ3n) is 5.77. The summed E-state index contributed by atoms with van der Waals surface area (Å²) in [6.45, 7) is 3.18. The molecule has 0 spiro atoms. The molecule has 1 aromatic heterocycles. The van der Waals surface area contributed by atoms with E-state index in [0.717, 1.165) is 42.1 Å². The molecule has 0 radical (unpaired) electrons. The van der Waals surface area contributed by atoms with Gasteiger partial charge in [-0.2, -0.15) is 5.10 Å². The normalized spacial score (nSPS) is 20.9. The molecule has 2 aliphatic rings. The quantitative estimate of drug-likeness (QED) is 0.668. The van der Waals surface area contributed by atoms with Crippen LogP contribution in [0.4, 0.5) is 5.69 Å². The number of benzene rings is 2. The van der Waals surface area contributed by atoms with Gasteiger partial charge in [-0.3, -0.25) is 4.79 Å². The van der Waals surface area contributed by atoms with Gasteiger partial charge in [-0.25, -0.2) is 4.68 Å². The molecule has 0 unspecified atom stereocenters. The largest absolute Gasteiger partial charge is 0.376 e. The van der Waals surface area contributed by atoms with E-state index in [1.165, 1.54) is 0 Å². The van der Waals surface area contributed by atoms with Crippen LogP contribution in [0, 0.1) is 6.92 Å². The predicted octanol–water partition coefficient (Wildman–Crippen LogP) is 4.58. The zero-order chi connectivity index (χ0) is 20.7. The number of carbonyl (C=O) groups is 1. The van der Waals surface area contributed by atoms with Gasteiger partial charge in [0.15, 0.2) is 0 Å². The lowest BCUT2D eigenvalue weighted by Gasteiger charge is -2.39. The van der Waals surface area contributed by atoms with E-state index < -0.39 is 6.17 Å². The van der Waals surface area contributed by atoms with E-state index in [0.29, 0.717) is 17.3 Å². The molecule has 5 rings (SSSR count). The molecule has 1 amide bonds. The molecule has 2 atom stereocenters. The fourth-order valence-corrected chi connectivity index (χ4v) is 4.65. The second-order valence-electron chi connectivity index (χ2n) is 7.72. The summed E-state index contributed by atoms with van der Waals surface area (Å²) in [6.07, 6.45) is 1.59. The number of halogens is 1. The van der Waals surface area contributed by atoms with E-state index in [1.54, 1.807) is 4.68 Å². The lowest BCUT2D eigenvalue weighted by atomic mass is 10.0. The Balaban J connectivity index is 1.59. The Morgan fingerprint density at radius 2 is 1.93 bits per heavy atom. The van der Waals surface area contributed by atoms with Crippen LogP contribution in [0.15, 0.2) is 54.6 Å². The van der Waals surface area contributed by atoms with Crippen molar-refractivity contribution in [1.29, 1.82) is 0 Å². The second-order valence-corrected chi connectivity index (χ2v) is 8.08. The van der Waals surface area contributed by atoms with Crippen molar-refractivity contribution < 1.29 is 9.53 Å². The molecular formula is C23H23ClN4O2. The smallest absolute Gasteiger partial charge is 0.257 e. The van der Waals surface area contributed by atoms with E-state index in [1.807, 2.05) is 66.4 Å². The third-order valence-corrected chi connectivity index (χ3v) is 6.13. The van der Waals surface area contributed by atoms with Gasteiger partial charge in [0.1, 0.15) is 11.3 Å². The fraction of sp³-hybridized carbons (Fsp3) is 0.304. The number of ether oxygens (including phenoxy) is 1.